The van der Waals surface area contributed by atoms with E-state index in [0.29, 0.717) is 25.0 Å². The number of primary amides is 1. The first kappa shape index (κ1) is 48.0. The first-order valence-corrected chi connectivity index (χ1v) is 20.9. The van der Waals surface area contributed by atoms with Crippen LogP contribution in [-0.2, 0) is 33.5 Å². The first-order valence-electron chi connectivity index (χ1n) is 20.9. The molecule has 2 fully saturated rings. The molecule has 1 heterocycles. The average Bonchev–Trinajstić information content (AvgIpc) is 3.65. The van der Waals surface area contributed by atoms with Gasteiger partial charge >= 0.3 is 5.97 Å². The molecule has 16 nitrogen and oxygen atoms in total. The lowest BCUT2D eigenvalue weighted by Gasteiger charge is -2.35. The molecule has 61 heavy (non-hydrogen) atoms. The Hall–Kier alpha value is -5.64. The van der Waals surface area contributed by atoms with Crippen molar-refractivity contribution in [1.82, 2.24) is 15.5 Å². The fourth-order valence-electron chi connectivity index (χ4n) is 8.35. The van der Waals surface area contributed by atoms with Crippen LogP contribution in [0.2, 0.25) is 0 Å². The van der Waals surface area contributed by atoms with Gasteiger partial charge in [0.15, 0.2) is 23.1 Å². The summed E-state index contributed by atoms with van der Waals surface area (Å²) in [7, 11) is 2.77. The number of carbonyl (C=O) groups is 8. The minimum Gasteiger partial charge on any atom is -0.493 e. The fraction of sp³-hybridized carbons (Fsp3) is 0.556. The number of carboxylic acid groups (broad SMARTS) is 1. The third-order valence-electron chi connectivity index (χ3n) is 11.2. The van der Waals surface area contributed by atoms with Crippen molar-refractivity contribution in [3.05, 3.63) is 59.2 Å². The number of benzene rings is 2. The topological polar surface area (TPSA) is 238 Å². The van der Waals surface area contributed by atoms with Crippen LogP contribution in [0.15, 0.2) is 42.5 Å². The number of Topliss-reactive ketones (excluding diaryl/α,β-unsaturated/α-hetero) is 3. The molecule has 0 spiro atoms. The number of para-hydroxylation sites is 1. The maximum absolute atomic E-state index is 14.7. The lowest BCUT2D eigenvalue weighted by molar-refractivity contribution is -0.143. The number of aromatic carboxylic acids is 1. The van der Waals surface area contributed by atoms with Gasteiger partial charge in [0.25, 0.3) is 5.91 Å². The fourth-order valence-corrected chi connectivity index (χ4v) is 8.35. The molecule has 4 rings (SSSR count). The van der Waals surface area contributed by atoms with Crippen LogP contribution < -0.4 is 25.8 Å². The molecule has 5 atom stereocenters. The third kappa shape index (κ3) is 12.7. The number of nitrogens with zero attached hydrogens (tertiary/aromatic N) is 1. The highest BCUT2D eigenvalue weighted by molar-refractivity contribution is 6.38. The largest absolute Gasteiger partial charge is 0.493 e. The van der Waals surface area contributed by atoms with Crippen molar-refractivity contribution in [2.24, 2.45) is 17.6 Å². The molecule has 0 aromatic heterocycles. The zero-order valence-corrected chi connectivity index (χ0v) is 36.0. The van der Waals surface area contributed by atoms with E-state index in [4.69, 9.17) is 19.9 Å². The van der Waals surface area contributed by atoms with Gasteiger partial charge in [-0.05, 0) is 64.2 Å². The smallest absolute Gasteiger partial charge is 0.336 e. The van der Waals surface area contributed by atoms with E-state index in [1.165, 1.54) is 49.5 Å². The molecule has 2 aromatic carbocycles. The van der Waals surface area contributed by atoms with Crippen molar-refractivity contribution in [3.8, 4) is 11.5 Å². The third-order valence-corrected chi connectivity index (χ3v) is 11.2. The van der Waals surface area contributed by atoms with Crippen LogP contribution in [0.4, 0.5) is 0 Å². The van der Waals surface area contributed by atoms with Crippen LogP contribution in [0.1, 0.15) is 131 Å². The van der Waals surface area contributed by atoms with Crippen molar-refractivity contribution in [1.29, 1.82) is 0 Å². The Morgan fingerprint density at radius 2 is 1.56 bits per heavy atom. The van der Waals surface area contributed by atoms with Gasteiger partial charge in [-0.15, -0.1) is 0 Å². The Labute approximate surface area is 356 Å². The van der Waals surface area contributed by atoms with Gasteiger partial charge in [-0.25, -0.2) is 4.79 Å². The molecule has 2 aliphatic rings. The van der Waals surface area contributed by atoms with Crippen LogP contribution >= 0.6 is 0 Å². The summed E-state index contributed by atoms with van der Waals surface area (Å²) in [4.78, 5) is 109. The molecule has 332 valence electrons. The lowest BCUT2D eigenvalue weighted by atomic mass is 9.82. The highest BCUT2D eigenvalue weighted by atomic mass is 16.5. The number of carboxylic acids is 1. The van der Waals surface area contributed by atoms with E-state index in [-0.39, 0.29) is 54.2 Å². The minimum atomic E-state index is -1.33. The lowest BCUT2D eigenvalue weighted by Crippen LogP contribution is -2.55. The molecule has 0 radical (unpaired) electrons. The van der Waals surface area contributed by atoms with Crippen LogP contribution in [0, 0.1) is 11.8 Å². The molecule has 5 N–H and O–H groups in total. The number of rotatable bonds is 21. The van der Waals surface area contributed by atoms with Crippen molar-refractivity contribution in [2.75, 3.05) is 20.8 Å². The van der Waals surface area contributed by atoms with E-state index in [1.807, 2.05) is 20.8 Å². The van der Waals surface area contributed by atoms with E-state index in [0.717, 1.165) is 19.3 Å². The zero-order valence-electron chi connectivity index (χ0n) is 36.0. The number of hydrogen-bond donors (Lipinski definition) is 4. The number of amides is 4. The Bertz CT molecular complexity index is 1950. The van der Waals surface area contributed by atoms with Gasteiger partial charge in [-0.3, -0.25) is 33.6 Å². The van der Waals surface area contributed by atoms with E-state index in [9.17, 15) is 43.5 Å². The predicted molar refractivity (Wildman–Crippen MR) is 223 cm³/mol. The minimum absolute atomic E-state index is 0.0334. The summed E-state index contributed by atoms with van der Waals surface area (Å²) in [6.45, 7) is 7.39. The highest BCUT2D eigenvalue weighted by Gasteiger charge is 2.46. The van der Waals surface area contributed by atoms with Gasteiger partial charge in [0.05, 0.1) is 43.1 Å². The molecule has 2 unspecified atom stereocenters. The highest BCUT2D eigenvalue weighted by Crippen LogP contribution is 2.35. The van der Waals surface area contributed by atoms with Crippen LogP contribution in [0.5, 0.6) is 11.5 Å². The number of methoxy groups -OCH3 is 2. The van der Waals surface area contributed by atoms with Gasteiger partial charge in [0, 0.05) is 43.7 Å². The van der Waals surface area contributed by atoms with E-state index >= 15 is 0 Å². The zero-order chi connectivity index (χ0) is 45.0. The van der Waals surface area contributed by atoms with Crippen molar-refractivity contribution >= 4 is 46.9 Å². The van der Waals surface area contributed by atoms with Crippen molar-refractivity contribution in [2.45, 2.75) is 128 Å². The molecule has 1 saturated heterocycles. The van der Waals surface area contributed by atoms with E-state index in [2.05, 4.69) is 10.6 Å². The molecular weight excluding hydrogens is 789 g/mol. The SMILES string of the molecule is CCCC(CC(=O)[C@@H]1C[C@@H](OC(C)(C)C)CN1C(=O)[C@@H](NC(=O)c1ccccc1C(=O)O)C1CCCCC1)C(=O)C(=O)CCC(=O)NC(C(N)=O)c1cccc(OC)c1OC. The summed E-state index contributed by atoms with van der Waals surface area (Å²) in [5, 5.41) is 15.1. The molecule has 1 aliphatic carbocycles. The molecule has 1 saturated carbocycles. The number of hydrogen-bond acceptors (Lipinski definition) is 11. The second-order valence-electron chi connectivity index (χ2n) is 16.7. The summed E-state index contributed by atoms with van der Waals surface area (Å²) >= 11 is 0. The number of ketones is 3. The molecule has 0 bridgehead atoms. The molecular formula is C45H60N4O12. The normalized spacial score (nSPS) is 18.3. The molecule has 16 heteroatoms. The summed E-state index contributed by atoms with van der Waals surface area (Å²) < 4.78 is 16.9. The second-order valence-corrected chi connectivity index (χ2v) is 16.7. The summed E-state index contributed by atoms with van der Waals surface area (Å²) in [5.41, 5.74) is 4.90. The standard InChI is InChI=1S/C45H60N4O12/c1-7-14-27(39(53)33(50)21-22-36(52)47-38(41(46)54)31-19-13-20-35(59-5)40(31)60-6)23-34(51)32-24-28(61-45(2,3)4)25-49(32)43(56)37(26-15-9-8-10-16-26)48-42(55)29-17-11-12-18-30(29)44(57)58/h11-13,17-20,26-28,32,37-38H,7-10,14-16,21-25H2,1-6H3,(H2,46,54)(H,47,52)(H,48,55)(H,57,58)/t27?,28-,32+,37+,38?/m1/s1. The van der Waals surface area contributed by atoms with E-state index in [1.54, 1.807) is 19.1 Å². The Kier molecular flexibility index (Phi) is 17.1. The molecule has 2 aromatic rings. The Morgan fingerprint density at radius 3 is 2.15 bits per heavy atom. The summed E-state index contributed by atoms with van der Waals surface area (Å²) in [6.07, 6.45) is 2.79. The van der Waals surface area contributed by atoms with Crippen LogP contribution in [-0.4, -0.2) is 102 Å². The Balaban J connectivity index is 1.52. The van der Waals surface area contributed by atoms with Gasteiger partial charge in [-0.1, -0.05) is 56.9 Å². The van der Waals surface area contributed by atoms with Gasteiger partial charge in [0.2, 0.25) is 23.5 Å². The first-order chi connectivity index (χ1) is 28.9. The van der Waals surface area contributed by atoms with Crippen molar-refractivity contribution < 1.29 is 57.7 Å². The number of nitrogens with two attached hydrogens (primary N) is 1. The van der Waals surface area contributed by atoms with Gasteiger partial charge in [0.1, 0.15) is 12.1 Å². The average molecular weight is 849 g/mol. The summed E-state index contributed by atoms with van der Waals surface area (Å²) in [5.74, 6) is -7.12. The quantitative estimate of drug-likeness (QED) is 0.127. The molecule has 4 amide bonds. The number of nitrogens with one attached hydrogen (secondary N) is 2. The number of carbonyl (C=O) groups excluding carboxylic acids is 7. The van der Waals surface area contributed by atoms with Crippen LogP contribution in [0.25, 0.3) is 0 Å². The summed E-state index contributed by atoms with van der Waals surface area (Å²) in [6, 6.07) is 7.02. The second kappa shape index (κ2) is 21.7. The maximum atomic E-state index is 14.7. The Morgan fingerprint density at radius 1 is 0.885 bits per heavy atom. The van der Waals surface area contributed by atoms with Crippen molar-refractivity contribution in [3.63, 3.8) is 0 Å². The van der Waals surface area contributed by atoms with Gasteiger partial charge in [-0.2, -0.15) is 0 Å². The molecule has 1 aliphatic heterocycles. The number of likely N-dealkylation sites (tertiary alicyclic amines) is 1. The van der Waals surface area contributed by atoms with E-state index < -0.39 is 95.5 Å². The predicted octanol–water partition coefficient (Wildman–Crippen LogP) is 4.50. The maximum Gasteiger partial charge on any atom is 0.336 e. The van der Waals surface area contributed by atoms with Gasteiger partial charge < -0.3 is 40.6 Å². The van der Waals surface area contributed by atoms with Crippen LogP contribution in [0.3, 0.4) is 0 Å². The monoisotopic (exact) mass is 848 g/mol. The number of ether oxygens (including phenoxy) is 3.